The Balaban J connectivity index is 1.41. The lowest BCUT2D eigenvalue weighted by molar-refractivity contribution is -0.136. The van der Waals surface area contributed by atoms with E-state index in [0.29, 0.717) is 21.3 Å². The van der Waals surface area contributed by atoms with Gasteiger partial charge in [0.2, 0.25) is 0 Å². The van der Waals surface area contributed by atoms with Crippen LogP contribution in [0.1, 0.15) is 22.3 Å². The van der Waals surface area contributed by atoms with Crippen molar-refractivity contribution in [3.63, 3.8) is 0 Å². The van der Waals surface area contributed by atoms with Gasteiger partial charge >= 0.3 is 5.97 Å². The summed E-state index contributed by atoms with van der Waals surface area (Å²) in [5.74, 6) is -0.532. The maximum absolute atomic E-state index is 12.3. The van der Waals surface area contributed by atoms with Gasteiger partial charge in [0.1, 0.15) is 18.1 Å². The second-order valence-electron chi connectivity index (χ2n) is 9.24. The van der Waals surface area contributed by atoms with Gasteiger partial charge in [0, 0.05) is 33.3 Å². The third-order valence-electron chi connectivity index (χ3n) is 6.37. The normalized spacial score (nSPS) is 10.9. The summed E-state index contributed by atoms with van der Waals surface area (Å²) >= 11 is 12.5. The molecule has 4 aromatic carbocycles. The SMILES string of the molecule is COc1ccc2cc(-c3cc(-c4cc(Cl)cc(Cl)c4)nn3OCc3ccc(C(=O)NCCC(=O)O)cc3)ccc2c1. The Kier molecular flexibility index (Phi) is 8.42. The first-order valence-electron chi connectivity index (χ1n) is 12.7. The van der Waals surface area contributed by atoms with E-state index >= 15 is 0 Å². The molecule has 8 nitrogen and oxygen atoms in total. The highest BCUT2D eigenvalue weighted by Gasteiger charge is 2.15. The van der Waals surface area contributed by atoms with Crippen molar-refractivity contribution < 1.29 is 24.3 Å². The number of carbonyl (C=O) groups excluding carboxylic acids is 1. The lowest BCUT2D eigenvalue weighted by Crippen LogP contribution is -2.25. The fourth-order valence-corrected chi connectivity index (χ4v) is 4.81. The van der Waals surface area contributed by atoms with Gasteiger partial charge in [-0.25, -0.2) is 0 Å². The molecule has 1 amide bonds. The van der Waals surface area contributed by atoms with Crippen LogP contribution in [-0.4, -0.2) is 40.6 Å². The highest BCUT2D eigenvalue weighted by Crippen LogP contribution is 2.32. The minimum Gasteiger partial charge on any atom is -0.497 e. The zero-order valence-electron chi connectivity index (χ0n) is 21.9. The van der Waals surface area contributed by atoms with E-state index in [1.807, 2.05) is 36.4 Å². The van der Waals surface area contributed by atoms with E-state index in [4.69, 9.17) is 43.0 Å². The smallest absolute Gasteiger partial charge is 0.305 e. The van der Waals surface area contributed by atoms with Crippen LogP contribution in [0.5, 0.6) is 5.75 Å². The molecular formula is C31H25Cl2N3O5. The van der Waals surface area contributed by atoms with Crippen LogP contribution in [0.15, 0.2) is 84.9 Å². The van der Waals surface area contributed by atoms with Crippen molar-refractivity contribution in [2.24, 2.45) is 0 Å². The monoisotopic (exact) mass is 589 g/mol. The molecule has 0 atom stereocenters. The number of nitrogens with one attached hydrogen (secondary N) is 1. The largest absolute Gasteiger partial charge is 0.497 e. The summed E-state index contributed by atoms with van der Waals surface area (Å²) in [4.78, 5) is 30.5. The van der Waals surface area contributed by atoms with Crippen molar-refractivity contribution in [1.29, 1.82) is 0 Å². The molecule has 0 unspecified atom stereocenters. The van der Waals surface area contributed by atoms with Crippen LogP contribution in [0.2, 0.25) is 10.0 Å². The number of hydrogen-bond acceptors (Lipinski definition) is 5. The lowest BCUT2D eigenvalue weighted by Gasteiger charge is -2.11. The second-order valence-corrected chi connectivity index (χ2v) is 10.1. The van der Waals surface area contributed by atoms with Crippen LogP contribution in [-0.2, 0) is 11.4 Å². The van der Waals surface area contributed by atoms with Gasteiger partial charge in [-0.15, -0.1) is 5.10 Å². The zero-order chi connectivity index (χ0) is 28.9. The molecule has 5 rings (SSSR count). The molecule has 0 saturated carbocycles. The summed E-state index contributed by atoms with van der Waals surface area (Å²) in [6.45, 7) is 0.236. The van der Waals surface area contributed by atoms with Gasteiger partial charge in [0.15, 0.2) is 0 Å². The molecule has 0 aliphatic carbocycles. The van der Waals surface area contributed by atoms with Crippen LogP contribution in [0.3, 0.4) is 0 Å². The lowest BCUT2D eigenvalue weighted by atomic mass is 10.0. The van der Waals surface area contributed by atoms with Crippen LogP contribution >= 0.6 is 23.2 Å². The summed E-state index contributed by atoms with van der Waals surface area (Å²) in [5.41, 5.74) is 4.23. The third kappa shape index (κ3) is 6.80. The summed E-state index contributed by atoms with van der Waals surface area (Å²) < 4.78 is 5.35. The van der Waals surface area contributed by atoms with Crippen molar-refractivity contribution in [2.45, 2.75) is 13.0 Å². The molecule has 0 aliphatic rings. The van der Waals surface area contributed by atoms with E-state index in [0.717, 1.165) is 38.9 Å². The van der Waals surface area contributed by atoms with Gasteiger partial charge in [-0.3, -0.25) is 9.59 Å². The number of benzene rings is 4. The molecule has 0 fully saturated rings. The Hall–Kier alpha value is -4.53. The van der Waals surface area contributed by atoms with Gasteiger partial charge in [0.05, 0.1) is 19.2 Å². The quantitative estimate of drug-likeness (QED) is 0.192. The van der Waals surface area contributed by atoms with Gasteiger partial charge < -0.3 is 20.0 Å². The number of carboxylic acids is 1. The first-order chi connectivity index (χ1) is 19.8. The number of carbonyl (C=O) groups is 2. The first kappa shape index (κ1) is 28.0. The summed E-state index contributed by atoms with van der Waals surface area (Å²) in [5, 5.41) is 19.1. The number of nitrogens with zero attached hydrogens (tertiary/aromatic N) is 2. The predicted molar refractivity (Wildman–Crippen MR) is 158 cm³/mol. The van der Waals surface area contributed by atoms with Crippen LogP contribution in [0.25, 0.3) is 33.3 Å². The van der Waals surface area contributed by atoms with Crippen molar-refractivity contribution in [1.82, 2.24) is 15.3 Å². The number of aromatic nitrogens is 2. The maximum atomic E-state index is 12.3. The highest BCUT2D eigenvalue weighted by molar-refractivity contribution is 6.35. The number of halogens is 2. The Morgan fingerprint density at radius 2 is 1.59 bits per heavy atom. The average Bonchev–Trinajstić information content (AvgIpc) is 3.39. The first-order valence-corrected chi connectivity index (χ1v) is 13.4. The molecule has 0 spiro atoms. The van der Waals surface area contributed by atoms with E-state index in [-0.39, 0.29) is 25.5 Å². The number of fused-ring (bicyclic) bond motifs is 1. The Morgan fingerprint density at radius 1 is 0.878 bits per heavy atom. The van der Waals surface area contributed by atoms with E-state index < -0.39 is 5.97 Å². The molecular weight excluding hydrogens is 565 g/mol. The summed E-state index contributed by atoms with van der Waals surface area (Å²) in [6.07, 6.45) is -0.140. The van der Waals surface area contributed by atoms with Gasteiger partial charge in [-0.05, 0) is 70.9 Å². The van der Waals surface area contributed by atoms with E-state index in [1.54, 1.807) is 49.6 Å². The topological polar surface area (TPSA) is 103 Å². The van der Waals surface area contributed by atoms with Gasteiger partial charge in [-0.2, -0.15) is 0 Å². The molecule has 0 bridgehead atoms. The fraction of sp³-hybridized carbons (Fsp3) is 0.129. The Morgan fingerprint density at radius 3 is 2.29 bits per heavy atom. The summed E-state index contributed by atoms with van der Waals surface area (Å²) in [7, 11) is 1.64. The molecule has 0 radical (unpaired) electrons. The minimum absolute atomic E-state index is 0.0591. The third-order valence-corrected chi connectivity index (χ3v) is 6.81. The molecule has 208 valence electrons. The van der Waals surface area contributed by atoms with Gasteiger partial charge in [0.25, 0.3) is 5.91 Å². The van der Waals surface area contributed by atoms with Gasteiger partial charge in [-0.1, -0.05) is 58.4 Å². The molecule has 0 saturated heterocycles. The van der Waals surface area contributed by atoms with E-state index in [9.17, 15) is 9.59 Å². The number of rotatable bonds is 10. The number of aliphatic carboxylic acids is 1. The van der Waals surface area contributed by atoms with E-state index in [2.05, 4.69) is 11.4 Å². The standard InChI is InChI=1S/C31H25Cl2N3O5/c1-40-27-9-8-21-12-23(7-6-22(21)15-27)29-17-28(24-13-25(32)16-26(33)14-24)35-36(29)41-18-19-2-4-20(5-3-19)31(39)34-11-10-30(37)38/h2-9,12-17H,10-11,18H2,1H3,(H,34,39)(H,37,38). The molecule has 1 heterocycles. The predicted octanol–water partition coefficient (Wildman–Crippen LogP) is 6.52. The molecule has 1 aromatic heterocycles. The maximum Gasteiger partial charge on any atom is 0.305 e. The number of carboxylic acid groups (broad SMARTS) is 1. The molecule has 10 heteroatoms. The van der Waals surface area contributed by atoms with Crippen molar-refractivity contribution >= 4 is 45.9 Å². The molecule has 0 aliphatic heterocycles. The minimum atomic E-state index is -0.971. The van der Waals surface area contributed by atoms with Crippen molar-refractivity contribution in [3.05, 3.63) is 106 Å². The van der Waals surface area contributed by atoms with Crippen molar-refractivity contribution in [2.75, 3.05) is 13.7 Å². The second kappa shape index (κ2) is 12.3. The van der Waals surface area contributed by atoms with Crippen LogP contribution in [0, 0.1) is 0 Å². The zero-order valence-corrected chi connectivity index (χ0v) is 23.4. The van der Waals surface area contributed by atoms with Crippen LogP contribution in [0.4, 0.5) is 0 Å². The number of hydrogen-bond donors (Lipinski definition) is 2. The average molecular weight is 590 g/mol. The van der Waals surface area contributed by atoms with Crippen LogP contribution < -0.4 is 14.9 Å². The molecule has 2 N–H and O–H groups in total. The molecule has 41 heavy (non-hydrogen) atoms. The van der Waals surface area contributed by atoms with Crippen molar-refractivity contribution in [3.8, 4) is 28.3 Å². The molecule has 5 aromatic rings. The summed E-state index contributed by atoms with van der Waals surface area (Å²) in [6, 6.07) is 26.0. The number of methoxy groups -OCH3 is 1. The Labute approximate surface area is 246 Å². The number of amides is 1. The number of ether oxygens (including phenoxy) is 1. The highest BCUT2D eigenvalue weighted by atomic mass is 35.5. The Bertz CT molecular complexity index is 1710. The van der Waals surface area contributed by atoms with E-state index in [1.165, 1.54) is 4.85 Å². The fourth-order valence-electron chi connectivity index (χ4n) is 4.28.